The first kappa shape index (κ1) is 18.2. The molecule has 5 heteroatoms. The zero-order valence-corrected chi connectivity index (χ0v) is 14.9. The summed E-state index contributed by atoms with van der Waals surface area (Å²) < 4.78 is 0.938. The fourth-order valence-corrected chi connectivity index (χ4v) is 2.90. The molecule has 126 valence electrons. The van der Waals surface area contributed by atoms with Crippen LogP contribution in [0.25, 0.3) is 0 Å². The number of carbonyl (C=O) groups is 2. The number of aliphatic carboxylic acids is 1. The minimum Gasteiger partial charge on any atom is -0.481 e. The van der Waals surface area contributed by atoms with Gasteiger partial charge in [0.25, 0.3) is 0 Å². The van der Waals surface area contributed by atoms with Gasteiger partial charge in [-0.15, -0.1) is 0 Å². The van der Waals surface area contributed by atoms with E-state index in [1.54, 1.807) is 4.90 Å². The highest BCUT2D eigenvalue weighted by Crippen LogP contribution is 2.14. The third-order valence-corrected chi connectivity index (χ3v) is 4.13. The molecule has 0 aromatic heterocycles. The Morgan fingerprint density at radius 2 is 1.71 bits per heavy atom. The highest BCUT2D eigenvalue weighted by molar-refractivity contribution is 9.10. The van der Waals surface area contributed by atoms with E-state index in [0.29, 0.717) is 25.9 Å². The van der Waals surface area contributed by atoms with Crippen LogP contribution in [0.4, 0.5) is 0 Å². The van der Waals surface area contributed by atoms with Gasteiger partial charge in [0.15, 0.2) is 0 Å². The van der Waals surface area contributed by atoms with Crippen LogP contribution in [0.1, 0.15) is 24.0 Å². The van der Waals surface area contributed by atoms with Gasteiger partial charge in [-0.2, -0.15) is 0 Å². The number of carboxylic acid groups (broad SMARTS) is 1. The van der Waals surface area contributed by atoms with Crippen LogP contribution < -0.4 is 0 Å². The first-order valence-electron chi connectivity index (χ1n) is 7.82. The van der Waals surface area contributed by atoms with Crippen molar-refractivity contribution in [1.29, 1.82) is 0 Å². The number of hydrogen-bond acceptors (Lipinski definition) is 2. The first-order chi connectivity index (χ1) is 11.5. The summed E-state index contributed by atoms with van der Waals surface area (Å²) in [5.74, 6) is -0.837. The summed E-state index contributed by atoms with van der Waals surface area (Å²) in [6.45, 7) is 0.932. The molecule has 0 unspecified atom stereocenters. The Hall–Kier alpha value is -2.14. The monoisotopic (exact) mass is 389 g/mol. The van der Waals surface area contributed by atoms with Crippen molar-refractivity contribution in [2.75, 3.05) is 6.54 Å². The van der Waals surface area contributed by atoms with E-state index < -0.39 is 5.97 Å². The molecular weight excluding hydrogens is 370 g/mol. The molecule has 0 radical (unpaired) electrons. The van der Waals surface area contributed by atoms with Crippen LogP contribution in [0.15, 0.2) is 59.1 Å². The Kier molecular flexibility index (Phi) is 7.00. The molecule has 0 aliphatic carbocycles. The predicted molar refractivity (Wildman–Crippen MR) is 96.6 cm³/mol. The molecule has 4 nitrogen and oxygen atoms in total. The van der Waals surface area contributed by atoms with Crippen LogP contribution >= 0.6 is 15.9 Å². The maximum Gasteiger partial charge on any atom is 0.303 e. The number of halogens is 1. The number of rotatable bonds is 8. The molecule has 2 rings (SSSR count). The Morgan fingerprint density at radius 3 is 2.38 bits per heavy atom. The number of carbonyl (C=O) groups excluding carboxylic acids is 1. The van der Waals surface area contributed by atoms with Gasteiger partial charge in [-0.25, -0.2) is 0 Å². The quantitative estimate of drug-likeness (QED) is 0.744. The van der Waals surface area contributed by atoms with E-state index in [1.165, 1.54) is 0 Å². The van der Waals surface area contributed by atoms with E-state index in [0.717, 1.165) is 15.6 Å². The topological polar surface area (TPSA) is 57.6 Å². The van der Waals surface area contributed by atoms with Crippen LogP contribution in [-0.2, 0) is 22.6 Å². The molecular formula is C19H20BrNO3. The first-order valence-corrected chi connectivity index (χ1v) is 8.62. The van der Waals surface area contributed by atoms with Gasteiger partial charge in [0, 0.05) is 24.0 Å². The van der Waals surface area contributed by atoms with E-state index >= 15 is 0 Å². The van der Waals surface area contributed by atoms with E-state index in [4.69, 9.17) is 5.11 Å². The Bertz CT molecular complexity index is 688. The molecule has 0 aliphatic rings. The molecule has 0 saturated heterocycles. The van der Waals surface area contributed by atoms with Crippen molar-refractivity contribution >= 4 is 27.8 Å². The largest absolute Gasteiger partial charge is 0.481 e. The zero-order valence-electron chi connectivity index (χ0n) is 13.3. The maximum atomic E-state index is 12.7. The lowest BCUT2D eigenvalue weighted by molar-refractivity contribution is -0.138. The highest BCUT2D eigenvalue weighted by atomic mass is 79.9. The van der Waals surface area contributed by atoms with Crippen molar-refractivity contribution in [3.63, 3.8) is 0 Å². The van der Waals surface area contributed by atoms with Gasteiger partial charge < -0.3 is 10.0 Å². The van der Waals surface area contributed by atoms with E-state index in [1.807, 2.05) is 54.6 Å². The molecule has 0 aliphatic heterocycles. The lowest BCUT2D eigenvalue weighted by Crippen LogP contribution is -2.33. The highest BCUT2D eigenvalue weighted by Gasteiger charge is 2.15. The molecule has 24 heavy (non-hydrogen) atoms. The third-order valence-electron chi connectivity index (χ3n) is 3.63. The van der Waals surface area contributed by atoms with E-state index in [9.17, 15) is 9.59 Å². The summed E-state index contributed by atoms with van der Waals surface area (Å²) in [4.78, 5) is 25.1. The number of benzene rings is 2. The summed E-state index contributed by atoms with van der Waals surface area (Å²) in [6, 6.07) is 17.4. The average Bonchev–Trinajstić information content (AvgIpc) is 2.54. The minimum absolute atomic E-state index is 0.00217. The predicted octanol–water partition coefficient (Wildman–Crippen LogP) is 3.89. The molecule has 0 bridgehead atoms. The number of amides is 1. The lowest BCUT2D eigenvalue weighted by atomic mass is 10.1. The Balaban J connectivity index is 2.05. The summed E-state index contributed by atoms with van der Waals surface area (Å²) in [7, 11) is 0. The molecule has 0 atom stereocenters. The molecule has 1 amide bonds. The lowest BCUT2D eigenvalue weighted by Gasteiger charge is -2.23. The normalized spacial score (nSPS) is 10.4. The maximum absolute atomic E-state index is 12.7. The van der Waals surface area contributed by atoms with Crippen LogP contribution in [0, 0.1) is 0 Å². The summed E-state index contributed by atoms with van der Waals surface area (Å²) >= 11 is 3.41. The van der Waals surface area contributed by atoms with Gasteiger partial charge in [-0.05, 0) is 29.7 Å². The van der Waals surface area contributed by atoms with Crippen molar-refractivity contribution in [2.24, 2.45) is 0 Å². The SMILES string of the molecule is O=C(O)CCCN(Cc1ccccc1)C(=O)Cc1cccc(Br)c1. The molecule has 0 spiro atoms. The fraction of sp³-hybridized carbons (Fsp3) is 0.263. The average molecular weight is 390 g/mol. The van der Waals surface area contributed by atoms with Gasteiger partial charge in [0.2, 0.25) is 5.91 Å². The summed E-state index contributed by atoms with van der Waals surface area (Å²) in [6.07, 6.45) is 0.821. The van der Waals surface area contributed by atoms with Crippen molar-refractivity contribution in [3.05, 3.63) is 70.2 Å². The van der Waals surface area contributed by atoms with Gasteiger partial charge in [-0.3, -0.25) is 9.59 Å². The van der Waals surface area contributed by atoms with Crippen molar-refractivity contribution in [3.8, 4) is 0 Å². The number of nitrogens with zero attached hydrogens (tertiary/aromatic N) is 1. The van der Waals surface area contributed by atoms with Crippen molar-refractivity contribution in [1.82, 2.24) is 4.90 Å². The fourth-order valence-electron chi connectivity index (χ4n) is 2.45. The summed E-state index contributed by atoms with van der Waals surface area (Å²) in [5.41, 5.74) is 1.97. The Labute approximate surface area is 150 Å². The molecule has 0 fully saturated rings. The Morgan fingerprint density at radius 1 is 1.00 bits per heavy atom. The van der Waals surface area contributed by atoms with Crippen LogP contribution in [0.5, 0.6) is 0 Å². The standard InChI is InChI=1S/C19H20BrNO3/c20-17-9-4-8-16(12-17)13-18(22)21(11-5-10-19(23)24)14-15-6-2-1-3-7-15/h1-4,6-9,12H,5,10-11,13-14H2,(H,23,24). The second kappa shape index (κ2) is 9.23. The van der Waals surface area contributed by atoms with Crippen LogP contribution in [0.3, 0.4) is 0 Å². The second-order valence-electron chi connectivity index (χ2n) is 5.60. The van der Waals surface area contributed by atoms with E-state index in [2.05, 4.69) is 15.9 Å². The van der Waals surface area contributed by atoms with E-state index in [-0.39, 0.29) is 12.3 Å². The smallest absolute Gasteiger partial charge is 0.303 e. The number of hydrogen-bond donors (Lipinski definition) is 1. The molecule has 0 saturated carbocycles. The molecule has 2 aromatic rings. The van der Waals surface area contributed by atoms with Gasteiger partial charge in [0.05, 0.1) is 6.42 Å². The molecule has 1 N–H and O–H groups in total. The molecule has 2 aromatic carbocycles. The van der Waals surface area contributed by atoms with Crippen LogP contribution in [0.2, 0.25) is 0 Å². The van der Waals surface area contributed by atoms with Gasteiger partial charge >= 0.3 is 5.97 Å². The summed E-state index contributed by atoms with van der Waals surface area (Å²) in [5, 5.41) is 8.81. The van der Waals surface area contributed by atoms with Gasteiger partial charge in [0.1, 0.15) is 0 Å². The second-order valence-corrected chi connectivity index (χ2v) is 6.52. The minimum atomic E-state index is -0.839. The van der Waals surface area contributed by atoms with Crippen molar-refractivity contribution in [2.45, 2.75) is 25.8 Å². The van der Waals surface area contributed by atoms with Crippen LogP contribution in [-0.4, -0.2) is 28.4 Å². The number of carboxylic acids is 1. The van der Waals surface area contributed by atoms with Crippen molar-refractivity contribution < 1.29 is 14.7 Å². The third kappa shape index (κ3) is 6.16. The molecule has 0 heterocycles. The zero-order chi connectivity index (χ0) is 17.4. The van der Waals surface area contributed by atoms with Gasteiger partial charge in [-0.1, -0.05) is 58.4 Å².